The fourth-order valence-electron chi connectivity index (χ4n) is 3.56. The molecule has 1 heterocycles. The number of hydrogen-bond donors (Lipinski definition) is 2. The van der Waals surface area contributed by atoms with Gasteiger partial charge in [-0.3, -0.25) is 9.69 Å². The van der Waals surface area contributed by atoms with E-state index in [1.807, 2.05) is 35.7 Å². The van der Waals surface area contributed by atoms with Crippen molar-refractivity contribution in [1.29, 1.82) is 0 Å². The Morgan fingerprint density at radius 3 is 2.41 bits per heavy atom. The summed E-state index contributed by atoms with van der Waals surface area (Å²) >= 11 is 1.49. The van der Waals surface area contributed by atoms with Crippen molar-refractivity contribution in [2.75, 3.05) is 19.6 Å². The average Bonchev–Trinajstić information content (AvgIpc) is 3.35. The molecule has 3 rings (SSSR count). The number of sulfonamides is 1. The molecule has 170 valence electrons. The van der Waals surface area contributed by atoms with E-state index < -0.39 is 10.0 Å². The van der Waals surface area contributed by atoms with Crippen LogP contribution < -0.4 is 10.0 Å². The van der Waals surface area contributed by atoms with Gasteiger partial charge in [-0.25, -0.2) is 13.1 Å². The number of likely N-dealkylation sites (N-methyl/N-ethyl adjacent to an activating group) is 1. The fraction of sp³-hybridized carbons (Fsp3) is 0.292. The first-order valence-electron chi connectivity index (χ1n) is 10.6. The highest BCUT2D eigenvalue weighted by atomic mass is 32.2. The Bertz CT molecular complexity index is 1100. The Morgan fingerprint density at radius 1 is 1.00 bits per heavy atom. The lowest BCUT2D eigenvalue weighted by Gasteiger charge is -2.30. The van der Waals surface area contributed by atoms with Crippen LogP contribution in [0.3, 0.4) is 0 Å². The molecule has 0 bridgehead atoms. The van der Waals surface area contributed by atoms with Gasteiger partial charge in [0.1, 0.15) is 0 Å². The molecule has 0 aliphatic heterocycles. The first kappa shape index (κ1) is 24.1. The van der Waals surface area contributed by atoms with Crippen molar-refractivity contribution in [3.8, 4) is 0 Å². The Morgan fingerprint density at radius 2 is 1.75 bits per heavy atom. The zero-order valence-corrected chi connectivity index (χ0v) is 20.0. The number of rotatable bonds is 11. The summed E-state index contributed by atoms with van der Waals surface area (Å²) in [4.78, 5) is 16.1. The molecule has 1 atom stereocenters. The molecule has 0 saturated heterocycles. The van der Waals surface area contributed by atoms with Gasteiger partial charge in [-0.05, 0) is 48.3 Å². The van der Waals surface area contributed by atoms with Crippen molar-refractivity contribution < 1.29 is 13.2 Å². The lowest BCUT2D eigenvalue weighted by molar-refractivity contribution is 0.0934. The van der Waals surface area contributed by atoms with Crippen LogP contribution in [-0.2, 0) is 16.6 Å². The molecule has 8 heteroatoms. The number of amides is 1. The summed E-state index contributed by atoms with van der Waals surface area (Å²) < 4.78 is 27.9. The third-order valence-corrected chi connectivity index (χ3v) is 7.59. The van der Waals surface area contributed by atoms with Gasteiger partial charge in [0.05, 0.1) is 10.9 Å². The van der Waals surface area contributed by atoms with E-state index in [4.69, 9.17) is 0 Å². The minimum atomic E-state index is -3.72. The second kappa shape index (κ2) is 11.4. The minimum Gasteiger partial charge on any atom is -0.350 e. The van der Waals surface area contributed by atoms with E-state index in [1.165, 1.54) is 23.5 Å². The Kier molecular flexibility index (Phi) is 8.58. The van der Waals surface area contributed by atoms with Gasteiger partial charge < -0.3 is 5.32 Å². The van der Waals surface area contributed by atoms with Crippen molar-refractivity contribution >= 4 is 27.3 Å². The van der Waals surface area contributed by atoms with E-state index >= 15 is 0 Å². The molecule has 0 fully saturated rings. The maximum absolute atomic E-state index is 12.9. The van der Waals surface area contributed by atoms with Crippen molar-refractivity contribution in [3.63, 3.8) is 0 Å². The Hall–Kier alpha value is -2.52. The molecule has 6 nitrogen and oxygen atoms in total. The summed E-state index contributed by atoms with van der Waals surface area (Å²) in [5.41, 5.74) is 1.45. The summed E-state index contributed by atoms with van der Waals surface area (Å²) in [6.45, 7) is 6.56. The summed E-state index contributed by atoms with van der Waals surface area (Å²) in [6, 6.07) is 20.0. The zero-order valence-electron chi connectivity index (χ0n) is 18.3. The van der Waals surface area contributed by atoms with E-state index in [2.05, 4.69) is 40.9 Å². The molecule has 3 aromatic rings. The third kappa shape index (κ3) is 6.26. The Labute approximate surface area is 194 Å². The van der Waals surface area contributed by atoms with Gasteiger partial charge in [-0.1, -0.05) is 56.3 Å². The molecule has 0 spiro atoms. The van der Waals surface area contributed by atoms with Crippen LogP contribution in [0, 0.1) is 0 Å². The topological polar surface area (TPSA) is 78.5 Å². The molecule has 1 aromatic heterocycles. The number of carbonyl (C=O) groups excluding carboxylic acids is 1. The van der Waals surface area contributed by atoms with Crippen LogP contribution in [0.2, 0.25) is 0 Å². The van der Waals surface area contributed by atoms with Crippen LogP contribution in [0.5, 0.6) is 0 Å². The van der Waals surface area contributed by atoms with Gasteiger partial charge in [0.15, 0.2) is 0 Å². The maximum Gasteiger partial charge on any atom is 0.251 e. The predicted octanol–water partition coefficient (Wildman–Crippen LogP) is 4.04. The first-order chi connectivity index (χ1) is 15.4. The van der Waals surface area contributed by atoms with Gasteiger partial charge in [0.2, 0.25) is 10.0 Å². The molecular weight excluding hydrogens is 442 g/mol. The van der Waals surface area contributed by atoms with Crippen LogP contribution in [-0.4, -0.2) is 38.9 Å². The van der Waals surface area contributed by atoms with Crippen LogP contribution in [0.4, 0.5) is 0 Å². The van der Waals surface area contributed by atoms with E-state index in [0.29, 0.717) is 12.1 Å². The van der Waals surface area contributed by atoms with Crippen molar-refractivity contribution in [2.24, 2.45) is 0 Å². The Balaban J connectivity index is 1.70. The van der Waals surface area contributed by atoms with Gasteiger partial charge in [0.25, 0.3) is 5.91 Å². The van der Waals surface area contributed by atoms with Crippen molar-refractivity contribution in [1.82, 2.24) is 14.9 Å². The molecule has 2 aromatic carbocycles. The smallest absolute Gasteiger partial charge is 0.251 e. The fourth-order valence-corrected chi connectivity index (χ4v) is 5.34. The zero-order chi connectivity index (χ0) is 23.0. The van der Waals surface area contributed by atoms with E-state index in [-0.39, 0.29) is 23.4 Å². The van der Waals surface area contributed by atoms with Gasteiger partial charge in [0, 0.05) is 23.5 Å². The van der Waals surface area contributed by atoms with E-state index in [9.17, 15) is 13.2 Å². The van der Waals surface area contributed by atoms with Crippen LogP contribution in [0.1, 0.15) is 40.7 Å². The number of thiophene rings is 1. The lowest BCUT2D eigenvalue weighted by atomic mass is 10.0. The monoisotopic (exact) mass is 471 g/mol. The minimum absolute atomic E-state index is 0.0366. The van der Waals surface area contributed by atoms with Crippen molar-refractivity contribution in [3.05, 3.63) is 88.1 Å². The molecular formula is C24H29N3O3S2. The molecule has 0 radical (unpaired) electrons. The number of nitrogens with zero attached hydrogens (tertiary/aromatic N) is 1. The number of carbonyl (C=O) groups is 1. The average molecular weight is 472 g/mol. The summed E-state index contributed by atoms with van der Waals surface area (Å²) in [6.07, 6.45) is 0. The molecule has 0 aliphatic carbocycles. The highest BCUT2D eigenvalue weighted by Gasteiger charge is 2.20. The van der Waals surface area contributed by atoms with Gasteiger partial charge >= 0.3 is 0 Å². The van der Waals surface area contributed by atoms with Crippen LogP contribution in [0.15, 0.2) is 77.0 Å². The summed E-state index contributed by atoms with van der Waals surface area (Å²) in [5, 5.41) is 4.88. The molecule has 0 saturated carbocycles. The SMILES string of the molecule is CCN(CC)C(CNC(=O)c1cccc(S(=O)(=O)NCc2cccs2)c1)c1ccccc1. The molecule has 2 N–H and O–H groups in total. The maximum atomic E-state index is 12.9. The second-order valence-corrected chi connectivity index (χ2v) is 10.1. The summed E-state index contributed by atoms with van der Waals surface area (Å²) in [7, 11) is -3.72. The number of nitrogens with one attached hydrogen (secondary N) is 2. The predicted molar refractivity (Wildman–Crippen MR) is 129 cm³/mol. The van der Waals surface area contributed by atoms with E-state index in [1.54, 1.807) is 12.1 Å². The first-order valence-corrected chi connectivity index (χ1v) is 13.0. The largest absolute Gasteiger partial charge is 0.350 e. The number of hydrogen-bond acceptors (Lipinski definition) is 5. The lowest BCUT2D eigenvalue weighted by Crippen LogP contribution is -2.38. The number of benzene rings is 2. The van der Waals surface area contributed by atoms with Crippen LogP contribution >= 0.6 is 11.3 Å². The molecule has 32 heavy (non-hydrogen) atoms. The summed E-state index contributed by atoms with van der Waals surface area (Å²) in [5.74, 6) is -0.298. The van der Waals surface area contributed by atoms with Crippen LogP contribution in [0.25, 0.3) is 0 Å². The molecule has 1 amide bonds. The second-order valence-electron chi connectivity index (χ2n) is 7.29. The standard InChI is InChI=1S/C24H29N3O3S2/c1-3-27(4-2)23(19-10-6-5-7-11-19)18-25-24(28)20-12-8-14-22(16-20)32(29,30)26-17-21-13-9-15-31-21/h5-16,23,26H,3-4,17-18H2,1-2H3,(H,25,28). The van der Waals surface area contributed by atoms with Crippen molar-refractivity contribution in [2.45, 2.75) is 31.3 Å². The van der Waals surface area contributed by atoms with E-state index in [0.717, 1.165) is 23.5 Å². The van der Waals surface area contributed by atoms with Gasteiger partial charge in [-0.15, -0.1) is 11.3 Å². The molecule has 1 unspecified atom stereocenters. The third-order valence-electron chi connectivity index (χ3n) is 5.32. The highest BCUT2D eigenvalue weighted by Crippen LogP contribution is 2.20. The quantitative estimate of drug-likeness (QED) is 0.442. The highest BCUT2D eigenvalue weighted by molar-refractivity contribution is 7.89. The normalized spacial score (nSPS) is 12.6. The van der Waals surface area contributed by atoms with Gasteiger partial charge in [-0.2, -0.15) is 0 Å². The molecule has 0 aliphatic rings.